The molecule has 174 valence electrons. The summed E-state index contributed by atoms with van der Waals surface area (Å²) in [5.41, 5.74) is 1.37. The van der Waals surface area contributed by atoms with Crippen molar-refractivity contribution in [2.75, 3.05) is 11.9 Å². The molecule has 1 amide bonds. The molecule has 2 N–H and O–H groups in total. The number of nitrogens with zero attached hydrogens (tertiary/aromatic N) is 7. The highest BCUT2D eigenvalue weighted by atomic mass is 35.5. The standard InChI is InChI=1S/C21H18ClF2N9O/c22-15-4-5-17(33-13-29-31-32-33)14(9-15)11-27-19(34)10-16-6-8-26-20(30-16)28-12-21(23,24)18-3-1-2-7-25-18/h1-9,13H,10-12H2,(H,27,34)(H,26,28,30). The van der Waals surface area contributed by atoms with Crippen molar-refractivity contribution in [1.29, 1.82) is 0 Å². The van der Waals surface area contributed by atoms with Gasteiger partial charge in [-0.05, 0) is 52.4 Å². The van der Waals surface area contributed by atoms with E-state index in [1.807, 2.05) is 0 Å². The Labute approximate surface area is 197 Å². The number of tetrazole rings is 1. The van der Waals surface area contributed by atoms with Gasteiger partial charge in [0.05, 0.1) is 24.3 Å². The molecule has 34 heavy (non-hydrogen) atoms. The number of carbonyl (C=O) groups excluding carboxylic acids is 1. The number of amides is 1. The number of anilines is 1. The number of benzene rings is 1. The molecule has 0 saturated heterocycles. The molecule has 4 aromatic rings. The first kappa shape index (κ1) is 23.1. The Morgan fingerprint density at radius 2 is 2.00 bits per heavy atom. The van der Waals surface area contributed by atoms with E-state index in [-0.39, 0.29) is 30.5 Å². The molecule has 0 aliphatic carbocycles. The Kier molecular flexibility index (Phi) is 6.97. The topological polar surface area (TPSA) is 123 Å². The van der Waals surface area contributed by atoms with Crippen LogP contribution >= 0.6 is 11.6 Å². The molecule has 3 heterocycles. The normalized spacial score (nSPS) is 11.3. The average molecular weight is 486 g/mol. The van der Waals surface area contributed by atoms with Crippen LogP contribution in [-0.2, 0) is 23.7 Å². The van der Waals surface area contributed by atoms with Gasteiger partial charge in [0.1, 0.15) is 12.0 Å². The molecule has 1 aromatic carbocycles. The van der Waals surface area contributed by atoms with E-state index in [1.165, 1.54) is 41.6 Å². The van der Waals surface area contributed by atoms with Crippen molar-refractivity contribution in [3.05, 3.63) is 83.2 Å². The lowest BCUT2D eigenvalue weighted by atomic mass is 10.1. The third kappa shape index (κ3) is 5.84. The van der Waals surface area contributed by atoms with Crippen LogP contribution < -0.4 is 10.6 Å². The van der Waals surface area contributed by atoms with E-state index in [4.69, 9.17) is 11.6 Å². The number of hydrogen-bond acceptors (Lipinski definition) is 8. The first-order valence-electron chi connectivity index (χ1n) is 10.0. The van der Waals surface area contributed by atoms with Crippen LogP contribution in [0.15, 0.2) is 61.2 Å². The third-order valence-corrected chi connectivity index (χ3v) is 4.91. The molecular formula is C21H18ClF2N9O. The van der Waals surface area contributed by atoms with Crippen LogP contribution in [0.1, 0.15) is 17.0 Å². The average Bonchev–Trinajstić information content (AvgIpc) is 3.37. The van der Waals surface area contributed by atoms with E-state index < -0.39 is 12.5 Å². The molecule has 0 atom stereocenters. The van der Waals surface area contributed by atoms with E-state index in [0.29, 0.717) is 22.0 Å². The summed E-state index contributed by atoms with van der Waals surface area (Å²) in [6.45, 7) is -0.574. The lowest BCUT2D eigenvalue weighted by molar-refractivity contribution is -0.120. The molecule has 0 spiro atoms. The SMILES string of the molecule is O=C(Cc1ccnc(NCC(F)(F)c2ccccn2)n1)NCc1cc(Cl)ccc1-n1cnnn1. The fraction of sp³-hybridized carbons (Fsp3) is 0.190. The molecule has 0 unspecified atom stereocenters. The molecule has 0 bridgehead atoms. The zero-order valence-electron chi connectivity index (χ0n) is 17.6. The van der Waals surface area contributed by atoms with Crippen molar-refractivity contribution in [2.24, 2.45) is 0 Å². The Hall–Kier alpha value is -4.06. The largest absolute Gasteiger partial charge is 0.352 e. The summed E-state index contributed by atoms with van der Waals surface area (Å²) in [6, 6.07) is 11.0. The lowest BCUT2D eigenvalue weighted by Crippen LogP contribution is -2.27. The fourth-order valence-corrected chi connectivity index (χ4v) is 3.25. The van der Waals surface area contributed by atoms with Gasteiger partial charge in [-0.3, -0.25) is 9.78 Å². The van der Waals surface area contributed by atoms with E-state index in [0.717, 1.165) is 0 Å². The molecule has 4 rings (SSSR count). The second-order valence-corrected chi connectivity index (χ2v) is 7.56. The molecule has 10 nitrogen and oxygen atoms in total. The predicted molar refractivity (Wildman–Crippen MR) is 118 cm³/mol. The van der Waals surface area contributed by atoms with Gasteiger partial charge < -0.3 is 10.6 Å². The number of halogens is 3. The summed E-state index contributed by atoms with van der Waals surface area (Å²) in [5.74, 6) is -3.56. The maximum absolute atomic E-state index is 14.3. The number of alkyl halides is 2. The second-order valence-electron chi connectivity index (χ2n) is 7.13. The van der Waals surface area contributed by atoms with Crippen molar-refractivity contribution in [2.45, 2.75) is 18.9 Å². The van der Waals surface area contributed by atoms with Crippen LogP contribution in [0, 0.1) is 0 Å². The summed E-state index contributed by atoms with van der Waals surface area (Å²) in [4.78, 5) is 24.3. The van der Waals surface area contributed by atoms with Gasteiger partial charge in [0.25, 0.3) is 0 Å². The van der Waals surface area contributed by atoms with Crippen molar-refractivity contribution in [1.82, 2.24) is 40.5 Å². The minimum absolute atomic E-state index is 0.0169. The number of pyridine rings is 1. The van der Waals surface area contributed by atoms with Crippen LogP contribution in [0.5, 0.6) is 0 Å². The van der Waals surface area contributed by atoms with Crippen LogP contribution in [0.4, 0.5) is 14.7 Å². The Morgan fingerprint density at radius 3 is 2.76 bits per heavy atom. The lowest BCUT2D eigenvalue weighted by Gasteiger charge is -2.16. The smallest absolute Gasteiger partial charge is 0.306 e. The minimum atomic E-state index is -3.22. The van der Waals surface area contributed by atoms with Gasteiger partial charge in [0, 0.05) is 24.0 Å². The molecule has 0 aliphatic rings. The molecule has 0 radical (unpaired) electrons. The van der Waals surface area contributed by atoms with E-state index >= 15 is 0 Å². The third-order valence-electron chi connectivity index (χ3n) is 4.68. The van der Waals surface area contributed by atoms with Crippen molar-refractivity contribution < 1.29 is 13.6 Å². The van der Waals surface area contributed by atoms with Crippen molar-refractivity contribution >= 4 is 23.5 Å². The van der Waals surface area contributed by atoms with Crippen LogP contribution in [0.2, 0.25) is 5.02 Å². The maximum atomic E-state index is 14.3. The molecular weight excluding hydrogens is 468 g/mol. The highest BCUT2D eigenvalue weighted by Crippen LogP contribution is 2.25. The predicted octanol–water partition coefficient (Wildman–Crippen LogP) is 2.56. The zero-order valence-corrected chi connectivity index (χ0v) is 18.3. The van der Waals surface area contributed by atoms with Gasteiger partial charge >= 0.3 is 5.92 Å². The molecule has 3 aromatic heterocycles. The summed E-state index contributed by atoms with van der Waals surface area (Å²) in [7, 11) is 0. The number of rotatable bonds is 9. The van der Waals surface area contributed by atoms with Gasteiger partial charge in [-0.1, -0.05) is 17.7 Å². The number of nitrogens with one attached hydrogen (secondary N) is 2. The van der Waals surface area contributed by atoms with Gasteiger partial charge in [-0.15, -0.1) is 5.10 Å². The highest BCUT2D eigenvalue weighted by Gasteiger charge is 2.33. The van der Waals surface area contributed by atoms with Crippen LogP contribution in [0.3, 0.4) is 0 Å². The van der Waals surface area contributed by atoms with Gasteiger partial charge in [0.2, 0.25) is 11.9 Å². The quantitative estimate of drug-likeness (QED) is 0.371. The minimum Gasteiger partial charge on any atom is -0.352 e. The Bertz CT molecular complexity index is 1260. The first-order valence-corrected chi connectivity index (χ1v) is 10.4. The highest BCUT2D eigenvalue weighted by molar-refractivity contribution is 6.30. The van der Waals surface area contributed by atoms with Crippen molar-refractivity contribution in [3.63, 3.8) is 0 Å². The second kappa shape index (κ2) is 10.3. The summed E-state index contributed by atoms with van der Waals surface area (Å²) >= 11 is 6.09. The van der Waals surface area contributed by atoms with Gasteiger partial charge in [0.15, 0.2) is 0 Å². The first-order chi connectivity index (χ1) is 16.4. The van der Waals surface area contributed by atoms with Crippen molar-refractivity contribution in [3.8, 4) is 5.69 Å². The summed E-state index contributed by atoms with van der Waals surface area (Å²) < 4.78 is 30.1. The van der Waals surface area contributed by atoms with E-state index in [9.17, 15) is 13.6 Å². The number of hydrogen-bond donors (Lipinski definition) is 2. The maximum Gasteiger partial charge on any atom is 0.306 e. The van der Waals surface area contributed by atoms with Gasteiger partial charge in [-0.25, -0.2) is 14.6 Å². The summed E-state index contributed by atoms with van der Waals surface area (Å²) in [6.07, 6.45) is 4.05. The Balaban J connectivity index is 1.36. The Morgan fingerprint density at radius 1 is 1.12 bits per heavy atom. The molecule has 0 aliphatic heterocycles. The van der Waals surface area contributed by atoms with Crippen LogP contribution in [0.25, 0.3) is 5.69 Å². The van der Waals surface area contributed by atoms with E-state index in [2.05, 4.69) is 41.1 Å². The number of carbonyl (C=O) groups is 1. The van der Waals surface area contributed by atoms with Gasteiger partial charge in [-0.2, -0.15) is 8.78 Å². The van der Waals surface area contributed by atoms with Crippen LogP contribution in [-0.4, -0.2) is 47.6 Å². The monoisotopic (exact) mass is 485 g/mol. The summed E-state index contributed by atoms with van der Waals surface area (Å²) in [5, 5.41) is 16.9. The van der Waals surface area contributed by atoms with E-state index in [1.54, 1.807) is 24.3 Å². The molecule has 0 saturated carbocycles. The molecule has 13 heteroatoms. The molecule has 0 fully saturated rings. The fourth-order valence-electron chi connectivity index (χ4n) is 3.05. The zero-order chi connectivity index (χ0) is 24.0. The number of aromatic nitrogens is 7.